The topological polar surface area (TPSA) is 127 Å². The number of aromatic nitrogens is 1. The van der Waals surface area contributed by atoms with E-state index in [0.717, 1.165) is 55.6 Å². The predicted octanol–water partition coefficient (Wildman–Crippen LogP) is 6.17. The van der Waals surface area contributed by atoms with E-state index in [1.165, 1.54) is 36.7 Å². The first kappa shape index (κ1) is 28.6. The summed E-state index contributed by atoms with van der Waals surface area (Å²) in [6.45, 7) is 7.51. The molecule has 9 nitrogen and oxygen atoms in total. The minimum Gasteiger partial charge on any atom is -0.506 e. The number of benzene rings is 2. The molecule has 1 saturated heterocycles. The summed E-state index contributed by atoms with van der Waals surface area (Å²) in [5.74, 6) is -0.458. The molecule has 224 valence electrons. The van der Waals surface area contributed by atoms with Gasteiger partial charge in [0.2, 0.25) is 5.91 Å². The van der Waals surface area contributed by atoms with Gasteiger partial charge in [0.05, 0.1) is 21.5 Å². The smallest absolute Gasteiger partial charge is 0.253 e. The molecule has 1 aromatic heterocycles. The fourth-order valence-corrected chi connectivity index (χ4v) is 7.02. The maximum absolute atomic E-state index is 13.6. The Morgan fingerprint density at radius 1 is 1.10 bits per heavy atom. The molecule has 2 heterocycles. The van der Waals surface area contributed by atoms with Crippen LogP contribution in [0, 0.1) is 10.8 Å². The highest BCUT2D eigenvalue weighted by atomic mass is 32.1. The predicted molar refractivity (Wildman–Crippen MR) is 167 cm³/mol. The van der Waals surface area contributed by atoms with E-state index in [1.807, 2.05) is 26.8 Å². The van der Waals surface area contributed by atoms with Gasteiger partial charge in [0.15, 0.2) is 5.13 Å². The second kappa shape index (κ2) is 10.9. The Morgan fingerprint density at radius 2 is 1.86 bits per heavy atom. The van der Waals surface area contributed by atoms with Gasteiger partial charge in [-0.1, -0.05) is 51.4 Å². The Morgan fingerprint density at radius 3 is 2.55 bits per heavy atom. The van der Waals surface area contributed by atoms with Gasteiger partial charge in [-0.2, -0.15) is 0 Å². The molecule has 3 aliphatic rings. The zero-order valence-electron chi connectivity index (χ0n) is 24.7. The van der Waals surface area contributed by atoms with Crippen molar-refractivity contribution in [1.29, 1.82) is 0 Å². The van der Waals surface area contributed by atoms with E-state index >= 15 is 0 Å². The van der Waals surface area contributed by atoms with E-state index in [0.29, 0.717) is 27.2 Å². The number of nitrogens with one attached hydrogen (secondary N) is 3. The van der Waals surface area contributed by atoms with Gasteiger partial charge >= 0.3 is 0 Å². The highest BCUT2D eigenvalue weighted by Gasteiger charge is 2.48. The van der Waals surface area contributed by atoms with Crippen molar-refractivity contribution >= 4 is 49.9 Å². The molecular weight excluding hydrogens is 550 g/mol. The normalized spacial score (nSPS) is 18.4. The summed E-state index contributed by atoms with van der Waals surface area (Å²) in [6.07, 6.45) is 9.25. The summed E-state index contributed by atoms with van der Waals surface area (Å²) in [5, 5.41) is 31.3. The van der Waals surface area contributed by atoms with E-state index in [4.69, 9.17) is 4.98 Å². The third kappa shape index (κ3) is 5.86. The van der Waals surface area contributed by atoms with Crippen LogP contribution in [-0.4, -0.2) is 46.1 Å². The zero-order chi connectivity index (χ0) is 29.6. The van der Waals surface area contributed by atoms with Crippen LogP contribution in [0.3, 0.4) is 0 Å². The largest absolute Gasteiger partial charge is 0.506 e. The number of anilines is 3. The van der Waals surface area contributed by atoms with Crippen LogP contribution in [0.1, 0.15) is 88.1 Å². The van der Waals surface area contributed by atoms with Crippen LogP contribution in [0.2, 0.25) is 0 Å². The van der Waals surface area contributed by atoms with Crippen LogP contribution in [-0.2, 0) is 11.3 Å². The number of phenolic OH excluding ortho intramolecular Hbond substituents is 2. The lowest BCUT2D eigenvalue weighted by Gasteiger charge is -2.25. The molecule has 2 aliphatic carbocycles. The van der Waals surface area contributed by atoms with Crippen LogP contribution in [0.15, 0.2) is 24.3 Å². The number of fused-ring (bicyclic) bond motifs is 1. The van der Waals surface area contributed by atoms with E-state index in [-0.39, 0.29) is 41.6 Å². The Balaban J connectivity index is 1.28. The number of hydrogen-bond donors (Lipinski definition) is 5. The fourth-order valence-electron chi connectivity index (χ4n) is 6.13. The molecule has 3 aromatic rings. The molecular formula is C32H41N5O4S. The number of amides is 2. The quantitative estimate of drug-likeness (QED) is 0.208. The fraction of sp³-hybridized carbons (Fsp3) is 0.531. The molecule has 2 aromatic carbocycles. The lowest BCUT2D eigenvalue weighted by Crippen LogP contribution is -2.37. The van der Waals surface area contributed by atoms with Crippen molar-refractivity contribution in [2.75, 3.05) is 23.3 Å². The van der Waals surface area contributed by atoms with Gasteiger partial charge in [-0.15, -0.1) is 0 Å². The van der Waals surface area contributed by atoms with Crippen LogP contribution in [0.25, 0.3) is 10.2 Å². The molecule has 2 amide bonds. The molecule has 5 N–H and O–H groups in total. The molecule has 0 unspecified atom stereocenters. The Hall–Kier alpha value is -3.53. The lowest BCUT2D eigenvalue weighted by atomic mass is 9.95. The zero-order valence-corrected chi connectivity index (χ0v) is 25.5. The number of hydrogen-bond acceptors (Lipinski definition) is 8. The lowest BCUT2D eigenvalue weighted by molar-refractivity contribution is -0.128. The number of carbonyl (C=O) groups is 2. The standard InChI is InChI=1S/C32H41N5O4S/c1-31(2,3)29(41)33-17-19-9-10-24(38)26(27(19)39)36-30-35-22-15-21(28(40)34-20-7-5-4-6-8-20)23(16-25(22)42-30)37-14-13-32(18-37)11-12-32/h9-10,15-16,20,38-39H,4-8,11-14,17-18H2,1-3H3,(H,33,41)(H,34,40)(H,35,36). The minimum atomic E-state index is -0.562. The molecule has 2 saturated carbocycles. The Labute approximate surface area is 250 Å². The van der Waals surface area contributed by atoms with E-state index in [9.17, 15) is 19.8 Å². The van der Waals surface area contributed by atoms with Gasteiger partial charge in [-0.25, -0.2) is 4.98 Å². The van der Waals surface area contributed by atoms with Gasteiger partial charge in [0.1, 0.15) is 17.2 Å². The average molecular weight is 592 g/mol. The second-order valence-electron chi connectivity index (χ2n) is 13.4. The van der Waals surface area contributed by atoms with Gasteiger partial charge in [-0.05, 0) is 61.8 Å². The number of nitrogens with zero attached hydrogens (tertiary/aromatic N) is 2. The second-order valence-corrected chi connectivity index (χ2v) is 14.4. The van der Waals surface area contributed by atoms with Crippen LogP contribution in [0.5, 0.6) is 11.5 Å². The number of rotatable bonds is 7. The maximum Gasteiger partial charge on any atom is 0.253 e. The number of carbonyl (C=O) groups excluding carboxylic acids is 2. The van der Waals surface area contributed by atoms with Crippen molar-refractivity contribution in [3.05, 3.63) is 35.4 Å². The summed E-state index contributed by atoms with van der Waals surface area (Å²) in [6, 6.07) is 7.25. The molecule has 0 bridgehead atoms. The van der Waals surface area contributed by atoms with Gasteiger partial charge < -0.3 is 31.1 Å². The highest BCUT2D eigenvalue weighted by Crippen LogP contribution is 2.54. The first-order valence-electron chi connectivity index (χ1n) is 15.1. The van der Waals surface area contributed by atoms with E-state index < -0.39 is 5.41 Å². The molecule has 0 radical (unpaired) electrons. The summed E-state index contributed by atoms with van der Waals surface area (Å²) in [4.78, 5) is 33.1. The molecule has 1 spiro atoms. The summed E-state index contributed by atoms with van der Waals surface area (Å²) in [7, 11) is 0. The summed E-state index contributed by atoms with van der Waals surface area (Å²) in [5.41, 5.74) is 2.76. The molecule has 10 heteroatoms. The van der Waals surface area contributed by atoms with Gasteiger partial charge in [0, 0.05) is 36.7 Å². The SMILES string of the molecule is CC(C)(C)C(=O)NCc1ccc(O)c(Nc2nc3cc(C(=O)NC4CCCCC4)c(N4CCC5(CC5)C4)cc3s2)c1O. The van der Waals surface area contributed by atoms with Crippen molar-refractivity contribution in [2.24, 2.45) is 10.8 Å². The number of thiazole rings is 1. The average Bonchev–Trinajstić information content (AvgIpc) is 3.39. The Kier molecular flexibility index (Phi) is 7.45. The van der Waals surface area contributed by atoms with Crippen molar-refractivity contribution < 1.29 is 19.8 Å². The summed E-state index contributed by atoms with van der Waals surface area (Å²) >= 11 is 1.41. The van der Waals surface area contributed by atoms with Crippen LogP contribution in [0.4, 0.5) is 16.5 Å². The Bertz CT molecular complexity index is 1520. The third-order valence-corrected chi connectivity index (χ3v) is 9.95. The molecule has 0 atom stereocenters. The molecule has 1 aliphatic heterocycles. The first-order valence-corrected chi connectivity index (χ1v) is 15.9. The maximum atomic E-state index is 13.6. The van der Waals surface area contributed by atoms with Crippen LogP contribution >= 0.6 is 11.3 Å². The minimum absolute atomic E-state index is 0.0432. The number of phenols is 2. The number of aromatic hydroxyl groups is 2. The van der Waals surface area contributed by atoms with E-state index in [1.54, 1.807) is 6.07 Å². The van der Waals surface area contributed by atoms with Crippen LogP contribution < -0.4 is 20.9 Å². The van der Waals surface area contributed by atoms with Crippen molar-refractivity contribution in [1.82, 2.24) is 15.6 Å². The monoisotopic (exact) mass is 591 g/mol. The van der Waals surface area contributed by atoms with Crippen molar-refractivity contribution in [3.63, 3.8) is 0 Å². The van der Waals surface area contributed by atoms with Crippen molar-refractivity contribution in [3.8, 4) is 11.5 Å². The van der Waals surface area contributed by atoms with E-state index in [2.05, 4.69) is 26.9 Å². The van der Waals surface area contributed by atoms with Crippen molar-refractivity contribution in [2.45, 2.75) is 84.7 Å². The third-order valence-electron chi connectivity index (χ3n) is 9.02. The van der Waals surface area contributed by atoms with Gasteiger partial charge in [0.25, 0.3) is 5.91 Å². The molecule has 3 fully saturated rings. The summed E-state index contributed by atoms with van der Waals surface area (Å²) < 4.78 is 0.922. The molecule has 6 rings (SSSR count). The highest BCUT2D eigenvalue weighted by molar-refractivity contribution is 7.22. The van der Waals surface area contributed by atoms with Gasteiger partial charge in [-0.3, -0.25) is 9.59 Å². The molecule has 42 heavy (non-hydrogen) atoms. The first-order chi connectivity index (χ1) is 20.0.